The molecule has 2 aliphatic carbocycles. The van der Waals surface area contributed by atoms with Gasteiger partial charge in [0.1, 0.15) is 0 Å². The minimum absolute atomic E-state index is 0.101. The number of rotatable bonds is 6. The fourth-order valence-corrected chi connectivity index (χ4v) is 3.24. The third-order valence-electron chi connectivity index (χ3n) is 4.97. The fraction of sp³-hybridized carbons (Fsp3) is 0.882. The van der Waals surface area contributed by atoms with Crippen molar-refractivity contribution in [3.8, 4) is 0 Å². The van der Waals surface area contributed by atoms with Gasteiger partial charge in [0.15, 0.2) is 0 Å². The highest BCUT2D eigenvalue weighted by molar-refractivity contribution is 5.80. The van der Waals surface area contributed by atoms with E-state index in [2.05, 4.69) is 38.3 Å². The Bertz CT molecular complexity index is 358. The van der Waals surface area contributed by atoms with E-state index in [-0.39, 0.29) is 29.1 Å². The van der Waals surface area contributed by atoms with Crippen molar-refractivity contribution in [3.63, 3.8) is 0 Å². The number of amides is 2. The minimum atomic E-state index is -0.101. The van der Waals surface area contributed by atoms with Gasteiger partial charge in [-0.3, -0.25) is 9.59 Å². The lowest BCUT2D eigenvalue weighted by Gasteiger charge is -2.34. The molecule has 2 rings (SSSR count). The van der Waals surface area contributed by atoms with Gasteiger partial charge in [-0.05, 0) is 42.9 Å². The van der Waals surface area contributed by atoms with Gasteiger partial charge in [-0.25, -0.2) is 0 Å². The molecule has 0 atom stereocenters. The zero-order chi connectivity index (χ0) is 15.6. The first kappa shape index (κ1) is 16.3. The molecule has 21 heavy (non-hydrogen) atoms. The van der Waals surface area contributed by atoms with Crippen LogP contribution in [0.15, 0.2) is 0 Å². The minimum Gasteiger partial charge on any atom is -0.355 e. The van der Waals surface area contributed by atoms with Crippen molar-refractivity contribution in [1.82, 2.24) is 10.6 Å². The lowest BCUT2D eigenvalue weighted by atomic mass is 9.75. The highest BCUT2D eigenvalue weighted by Crippen LogP contribution is 2.34. The second kappa shape index (κ2) is 6.37. The Balaban J connectivity index is 1.64. The van der Waals surface area contributed by atoms with E-state index in [9.17, 15) is 9.59 Å². The summed E-state index contributed by atoms with van der Waals surface area (Å²) in [5, 5.41) is 6.09. The lowest BCUT2D eigenvalue weighted by molar-refractivity contribution is -0.129. The normalized spacial score (nSPS) is 31.8. The predicted octanol–water partition coefficient (Wildman–Crippen LogP) is 2.34. The molecule has 0 aromatic rings. The average molecular weight is 294 g/mol. The second-order valence-electron chi connectivity index (χ2n) is 8.15. The number of carbonyl (C=O) groups is 2. The van der Waals surface area contributed by atoms with Gasteiger partial charge in [-0.15, -0.1) is 0 Å². The fourth-order valence-electron chi connectivity index (χ4n) is 3.24. The van der Waals surface area contributed by atoms with E-state index in [1.54, 1.807) is 0 Å². The maximum Gasteiger partial charge on any atom is 0.223 e. The molecule has 2 amide bonds. The highest BCUT2D eigenvalue weighted by Gasteiger charge is 2.33. The van der Waals surface area contributed by atoms with E-state index in [0.29, 0.717) is 24.9 Å². The van der Waals surface area contributed by atoms with Gasteiger partial charge < -0.3 is 10.6 Å². The van der Waals surface area contributed by atoms with E-state index in [1.165, 1.54) is 0 Å². The molecule has 0 unspecified atom stereocenters. The van der Waals surface area contributed by atoms with Crippen LogP contribution in [0.4, 0.5) is 0 Å². The van der Waals surface area contributed by atoms with Crippen molar-refractivity contribution < 1.29 is 9.59 Å². The van der Waals surface area contributed by atoms with Gasteiger partial charge in [-0.2, -0.15) is 0 Å². The van der Waals surface area contributed by atoms with Crippen LogP contribution in [-0.2, 0) is 9.59 Å². The summed E-state index contributed by atoms with van der Waals surface area (Å²) < 4.78 is 0. The van der Waals surface area contributed by atoms with E-state index >= 15 is 0 Å². The molecule has 0 aliphatic heterocycles. The summed E-state index contributed by atoms with van der Waals surface area (Å²) in [6.45, 7) is 9.78. The van der Waals surface area contributed by atoms with E-state index in [0.717, 1.165) is 25.7 Å². The Morgan fingerprint density at radius 1 is 0.857 bits per heavy atom. The maximum absolute atomic E-state index is 12.0. The average Bonchev–Trinajstić information content (AvgIpc) is 2.35. The van der Waals surface area contributed by atoms with Crippen molar-refractivity contribution in [2.45, 2.75) is 53.4 Å². The smallest absolute Gasteiger partial charge is 0.223 e. The molecule has 2 saturated carbocycles. The summed E-state index contributed by atoms with van der Waals surface area (Å²) in [5.41, 5.74) is -0.101. The summed E-state index contributed by atoms with van der Waals surface area (Å²) in [5.74, 6) is 2.17. The van der Waals surface area contributed by atoms with Gasteiger partial charge in [0.05, 0.1) is 0 Å². The van der Waals surface area contributed by atoms with Gasteiger partial charge in [-0.1, -0.05) is 27.7 Å². The Hall–Kier alpha value is -1.06. The van der Waals surface area contributed by atoms with Crippen LogP contribution in [0.25, 0.3) is 0 Å². The summed E-state index contributed by atoms with van der Waals surface area (Å²) in [6.07, 6.45) is 4.07. The van der Waals surface area contributed by atoms with Crippen LogP contribution >= 0.6 is 0 Å². The van der Waals surface area contributed by atoms with Crippen LogP contribution in [0.3, 0.4) is 0 Å². The molecule has 0 bridgehead atoms. The Kier molecular flexibility index (Phi) is 4.95. The predicted molar refractivity (Wildman–Crippen MR) is 83.6 cm³/mol. The van der Waals surface area contributed by atoms with Gasteiger partial charge in [0.25, 0.3) is 0 Å². The zero-order valence-electron chi connectivity index (χ0n) is 13.9. The van der Waals surface area contributed by atoms with Gasteiger partial charge >= 0.3 is 0 Å². The maximum atomic E-state index is 12.0. The highest BCUT2D eigenvalue weighted by atomic mass is 16.2. The molecule has 0 aromatic heterocycles. The molecule has 0 radical (unpaired) electrons. The van der Waals surface area contributed by atoms with Crippen molar-refractivity contribution in [1.29, 1.82) is 0 Å². The van der Waals surface area contributed by atoms with Gasteiger partial charge in [0.2, 0.25) is 11.8 Å². The molecular weight excluding hydrogens is 264 g/mol. The number of carbonyl (C=O) groups excluding carboxylic acids is 2. The molecule has 0 saturated heterocycles. The first-order valence-corrected chi connectivity index (χ1v) is 8.32. The summed E-state index contributed by atoms with van der Waals surface area (Å²) in [4.78, 5) is 23.9. The number of hydrogen-bond acceptors (Lipinski definition) is 2. The standard InChI is InChI=1S/C17H30N2O2/c1-11-5-13(6-11)15(20)18-9-17(3,4)10-19-16(21)14-7-12(2)8-14/h11-14H,5-10H2,1-4H3,(H,18,20)(H,19,21). The molecule has 2 N–H and O–H groups in total. The first-order chi connectivity index (χ1) is 9.77. The third-order valence-corrected chi connectivity index (χ3v) is 4.97. The second-order valence-corrected chi connectivity index (χ2v) is 8.15. The van der Waals surface area contributed by atoms with Crippen molar-refractivity contribution in [2.75, 3.05) is 13.1 Å². The van der Waals surface area contributed by atoms with E-state index < -0.39 is 0 Å². The quantitative estimate of drug-likeness (QED) is 0.790. The molecular formula is C17H30N2O2. The summed E-state index contributed by atoms with van der Waals surface area (Å²) >= 11 is 0. The van der Waals surface area contributed by atoms with E-state index in [4.69, 9.17) is 0 Å². The number of hydrogen-bond donors (Lipinski definition) is 2. The topological polar surface area (TPSA) is 58.2 Å². The first-order valence-electron chi connectivity index (χ1n) is 8.32. The van der Waals surface area contributed by atoms with Gasteiger partial charge in [0, 0.05) is 24.9 Å². The SMILES string of the molecule is CC1CC(C(=O)NCC(C)(C)CNC(=O)C2CC(C)C2)C1. The molecule has 0 spiro atoms. The van der Waals surface area contributed by atoms with Crippen LogP contribution < -0.4 is 10.6 Å². The molecule has 2 aliphatic rings. The lowest BCUT2D eigenvalue weighted by Crippen LogP contribution is -2.47. The van der Waals surface area contributed by atoms with Crippen molar-refractivity contribution in [3.05, 3.63) is 0 Å². The van der Waals surface area contributed by atoms with Crippen LogP contribution in [0.2, 0.25) is 0 Å². The zero-order valence-corrected chi connectivity index (χ0v) is 13.9. The molecule has 2 fully saturated rings. The summed E-state index contributed by atoms with van der Waals surface area (Å²) in [7, 11) is 0. The van der Waals surface area contributed by atoms with Crippen LogP contribution in [0, 0.1) is 29.1 Å². The van der Waals surface area contributed by atoms with Crippen LogP contribution in [0.5, 0.6) is 0 Å². The van der Waals surface area contributed by atoms with Crippen LogP contribution in [0.1, 0.15) is 53.4 Å². The summed E-state index contributed by atoms with van der Waals surface area (Å²) in [6, 6.07) is 0. The van der Waals surface area contributed by atoms with Crippen molar-refractivity contribution >= 4 is 11.8 Å². The largest absolute Gasteiger partial charge is 0.355 e. The Morgan fingerprint density at radius 3 is 1.48 bits per heavy atom. The molecule has 4 heteroatoms. The van der Waals surface area contributed by atoms with E-state index in [1.807, 2.05) is 0 Å². The van der Waals surface area contributed by atoms with Crippen molar-refractivity contribution in [2.24, 2.45) is 29.1 Å². The monoisotopic (exact) mass is 294 g/mol. The Morgan fingerprint density at radius 2 is 1.19 bits per heavy atom. The van der Waals surface area contributed by atoms with Crippen LogP contribution in [-0.4, -0.2) is 24.9 Å². The Labute approximate surface area is 128 Å². The molecule has 0 heterocycles. The molecule has 4 nitrogen and oxygen atoms in total. The molecule has 0 aromatic carbocycles. The number of nitrogens with one attached hydrogen (secondary N) is 2. The molecule has 120 valence electrons. The third kappa shape index (κ3) is 4.45.